The Hall–Kier alpha value is -4.10. The van der Waals surface area contributed by atoms with Crippen LogP contribution in [0.3, 0.4) is 0 Å². The SMILES string of the molecule is N#Cc1ccc(-n2c(SCC(=O)Nc3ccc(C(F)(F)F)cc3)nc3ccccc3c2=O)cc1. The first-order valence-electron chi connectivity index (χ1n) is 9.88. The van der Waals surface area contributed by atoms with Crippen LogP contribution in [-0.2, 0) is 11.0 Å². The second kappa shape index (κ2) is 9.41. The van der Waals surface area contributed by atoms with Gasteiger partial charge in [-0.15, -0.1) is 0 Å². The van der Waals surface area contributed by atoms with Gasteiger partial charge in [0.25, 0.3) is 5.56 Å². The van der Waals surface area contributed by atoms with Gasteiger partial charge in [0.2, 0.25) is 5.91 Å². The Morgan fingerprint density at radius 2 is 1.71 bits per heavy atom. The van der Waals surface area contributed by atoms with Gasteiger partial charge in [0, 0.05) is 5.69 Å². The number of hydrogen-bond acceptors (Lipinski definition) is 5. The fraction of sp³-hybridized carbons (Fsp3) is 0.0833. The molecule has 34 heavy (non-hydrogen) atoms. The molecular formula is C24H15F3N4O2S. The highest BCUT2D eigenvalue weighted by atomic mass is 32.2. The van der Waals surface area contributed by atoms with Crippen LogP contribution in [0, 0.1) is 11.3 Å². The summed E-state index contributed by atoms with van der Waals surface area (Å²) in [4.78, 5) is 30.2. The average Bonchev–Trinajstić information content (AvgIpc) is 2.83. The first kappa shape index (κ1) is 23.1. The Labute approximate surface area is 195 Å². The molecule has 1 aromatic heterocycles. The summed E-state index contributed by atoms with van der Waals surface area (Å²) in [5.74, 6) is -0.610. The predicted molar refractivity (Wildman–Crippen MR) is 123 cm³/mol. The highest BCUT2D eigenvalue weighted by Gasteiger charge is 2.30. The minimum Gasteiger partial charge on any atom is -0.325 e. The van der Waals surface area contributed by atoms with Gasteiger partial charge in [-0.1, -0.05) is 23.9 Å². The number of aromatic nitrogens is 2. The van der Waals surface area contributed by atoms with Crippen LogP contribution in [0.25, 0.3) is 16.6 Å². The fourth-order valence-corrected chi connectivity index (χ4v) is 4.00. The number of fused-ring (bicyclic) bond motifs is 1. The summed E-state index contributed by atoms with van der Waals surface area (Å²) < 4.78 is 39.5. The van der Waals surface area contributed by atoms with Gasteiger partial charge in [-0.3, -0.25) is 14.2 Å². The number of amides is 1. The lowest BCUT2D eigenvalue weighted by Gasteiger charge is -2.13. The minimum atomic E-state index is -4.46. The number of nitriles is 1. The zero-order valence-electron chi connectivity index (χ0n) is 17.3. The van der Waals surface area contributed by atoms with Crippen molar-refractivity contribution in [2.24, 2.45) is 0 Å². The summed E-state index contributed by atoms with van der Waals surface area (Å²) in [6.07, 6.45) is -4.46. The van der Waals surface area contributed by atoms with Crippen molar-refractivity contribution in [3.8, 4) is 11.8 Å². The average molecular weight is 480 g/mol. The molecule has 0 bridgehead atoms. The van der Waals surface area contributed by atoms with Crippen molar-refractivity contribution < 1.29 is 18.0 Å². The molecule has 0 saturated carbocycles. The van der Waals surface area contributed by atoms with E-state index in [-0.39, 0.29) is 22.2 Å². The molecular weight excluding hydrogens is 465 g/mol. The Morgan fingerprint density at radius 1 is 1.03 bits per heavy atom. The number of rotatable bonds is 5. The summed E-state index contributed by atoms with van der Waals surface area (Å²) in [6.45, 7) is 0. The molecule has 0 atom stereocenters. The van der Waals surface area contributed by atoms with E-state index < -0.39 is 17.6 Å². The number of hydrogen-bond donors (Lipinski definition) is 1. The fourth-order valence-electron chi connectivity index (χ4n) is 3.19. The summed E-state index contributed by atoms with van der Waals surface area (Å²) in [5, 5.41) is 12.2. The summed E-state index contributed by atoms with van der Waals surface area (Å²) in [7, 11) is 0. The lowest BCUT2D eigenvalue weighted by Crippen LogP contribution is -2.23. The smallest absolute Gasteiger partial charge is 0.325 e. The van der Waals surface area contributed by atoms with Crippen molar-refractivity contribution in [3.63, 3.8) is 0 Å². The second-order valence-corrected chi connectivity index (χ2v) is 8.07. The lowest BCUT2D eigenvalue weighted by molar-refractivity contribution is -0.137. The van der Waals surface area contributed by atoms with Crippen LogP contribution in [0.1, 0.15) is 11.1 Å². The van der Waals surface area contributed by atoms with Crippen molar-refractivity contribution in [1.82, 2.24) is 9.55 Å². The van der Waals surface area contributed by atoms with Crippen LogP contribution in [0.5, 0.6) is 0 Å². The zero-order valence-corrected chi connectivity index (χ0v) is 18.2. The van der Waals surface area contributed by atoms with E-state index in [9.17, 15) is 22.8 Å². The molecule has 10 heteroatoms. The molecule has 0 aliphatic heterocycles. The van der Waals surface area contributed by atoms with E-state index in [4.69, 9.17) is 5.26 Å². The van der Waals surface area contributed by atoms with Gasteiger partial charge in [-0.2, -0.15) is 18.4 Å². The number of nitrogens with one attached hydrogen (secondary N) is 1. The van der Waals surface area contributed by atoms with Crippen molar-refractivity contribution in [2.45, 2.75) is 11.3 Å². The standard InChI is InChI=1S/C24H15F3N4O2S/c25-24(26,27)16-7-9-17(10-8-16)29-21(32)14-34-23-30-20-4-2-1-3-19(20)22(33)31(23)18-11-5-15(13-28)6-12-18/h1-12H,14H2,(H,29,32). The largest absolute Gasteiger partial charge is 0.416 e. The number of para-hydroxylation sites is 1. The highest BCUT2D eigenvalue weighted by molar-refractivity contribution is 7.99. The van der Waals surface area contributed by atoms with Crippen LogP contribution in [0.15, 0.2) is 82.7 Å². The number of thioether (sulfide) groups is 1. The van der Waals surface area contributed by atoms with Crippen molar-refractivity contribution in [2.75, 3.05) is 11.1 Å². The molecule has 3 aromatic carbocycles. The molecule has 1 heterocycles. The van der Waals surface area contributed by atoms with Gasteiger partial charge < -0.3 is 5.32 Å². The number of carbonyl (C=O) groups excluding carboxylic acids is 1. The van der Waals surface area contributed by atoms with E-state index in [0.717, 1.165) is 23.9 Å². The molecule has 0 fully saturated rings. The molecule has 0 aliphatic rings. The summed E-state index contributed by atoms with van der Waals surface area (Å²) >= 11 is 1.01. The quantitative estimate of drug-likeness (QED) is 0.321. The monoisotopic (exact) mass is 480 g/mol. The lowest BCUT2D eigenvalue weighted by atomic mass is 10.2. The first-order valence-corrected chi connectivity index (χ1v) is 10.9. The molecule has 4 aromatic rings. The molecule has 0 saturated heterocycles. The maximum atomic E-state index is 13.2. The Balaban J connectivity index is 1.60. The van der Waals surface area contributed by atoms with E-state index in [1.807, 2.05) is 6.07 Å². The molecule has 0 unspecified atom stereocenters. The number of anilines is 1. The molecule has 1 N–H and O–H groups in total. The number of nitrogens with zero attached hydrogens (tertiary/aromatic N) is 3. The third kappa shape index (κ3) is 4.94. The van der Waals surface area contributed by atoms with E-state index in [2.05, 4.69) is 10.3 Å². The van der Waals surface area contributed by atoms with Crippen LogP contribution in [-0.4, -0.2) is 21.2 Å². The molecule has 6 nitrogen and oxygen atoms in total. The van der Waals surface area contributed by atoms with E-state index in [0.29, 0.717) is 22.2 Å². The van der Waals surface area contributed by atoms with E-state index >= 15 is 0 Å². The van der Waals surface area contributed by atoms with Gasteiger partial charge in [-0.25, -0.2) is 4.98 Å². The van der Waals surface area contributed by atoms with Crippen molar-refractivity contribution in [3.05, 3.63) is 94.3 Å². The minimum absolute atomic E-state index is 0.137. The zero-order chi connectivity index (χ0) is 24.3. The summed E-state index contributed by atoms with van der Waals surface area (Å²) in [6, 6.07) is 19.3. The third-order valence-electron chi connectivity index (χ3n) is 4.83. The second-order valence-electron chi connectivity index (χ2n) is 7.12. The van der Waals surface area contributed by atoms with Crippen LogP contribution in [0.2, 0.25) is 0 Å². The number of carbonyl (C=O) groups is 1. The first-order chi connectivity index (χ1) is 16.3. The number of benzene rings is 3. The highest BCUT2D eigenvalue weighted by Crippen LogP contribution is 2.30. The van der Waals surface area contributed by atoms with Gasteiger partial charge in [0.15, 0.2) is 5.16 Å². The number of alkyl halides is 3. The van der Waals surface area contributed by atoms with E-state index in [1.54, 1.807) is 48.5 Å². The van der Waals surface area contributed by atoms with Gasteiger partial charge in [-0.05, 0) is 60.7 Å². The Morgan fingerprint density at radius 3 is 2.35 bits per heavy atom. The van der Waals surface area contributed by atoms with Gasteiger partial charge in [0.1, 0.15) is 0 Å². The molecule has 0 aliphatic carbocycles. The Kier molecular flexibility index (Phi) is 6.38. The van der Waals surface area contributed by atoms with Gasteiger partial charge >= 0.3 is 6.18 Å². The van der Waals surface area contributed by atoms with Gasteiger partial charge in [0.05, 0.1) is 39.5 Å². The van der Waals surface area contributed by atoms with E-state index in [1.165, 1.54) is 16.7 Å². The van der Waals surface area contributed by atoms with Crippen LogP contribution >= 0.6 is 11.8 Å². The summed E-state index contributed by atoms with van der Waals surface area (Å²) in [5.41, 5.74) is 0.439. The number of halogens is 3. The van der Waals surface area contributed by atoms with Crippen LogP contribution < -0.4 is 10.9 Å². The Bertz CT molecular complexity index is 1460. The topological polar surface area (TPSA) is 87.8 Å². The van der Waals surface area contributed by atoms with Crippen LogP contribution in [0.4, 0.5) is 18.9 Å². The normalized spacial score (nSPS) is 11.2. The third-order valence-corrected chi connectivity index (χ3v) is 5.77. The molecule has 0 spiro atoms. The predicted octanol–water partition coefficient (Wildman–Crippen LogP) is 5.01. The van der Waals surface area contributed by atoms with Crippen molar-refractivity contribution >= 4 is 34.3 Å². The van der Waals surface area contributed by atoms with Crippen molar-refractivity contribution in [1.29, 1.82) is 5.26 Å². The maximum absolute atomic E-state index is 13.2. The molecule has 170 valence electrons. The molecule has 4 rings (SSSR count). The maximum Gasteiger partial charge on any atom is 0.416 e. The molecule has 0 radical (unpaired) electrons. The molecule has 1 amide bonds.